The van der Waals surface area contributed by atoms with E-state index in [0.717, 1.165) is 4.90 Å². The number of nitrogens with one attached hydrogen (secondary N) is 1. The highest BCUT2D eigenvalue weighted by Crippen LogP contribution is 2.23. The third kappa shape index (κ3) is 3.16. The van der Waals surface area contributed by atoms with Crippen molar-refractivity contribution < 1.29 is 9.18 Å². The Morgan fingerprint density at radius 3 is 2.55 bits per heavy atom. The van der Waals surface area contributed by atoms with Crippen LogP contribution in [0, 0.1) is 17.1 Å². The fourth-order valence-corrected chi connectivity index (χ4v) is 2.21. The van der Waals surface area contributed by atoms with Gasteiger partial charge >= 0.3 is 0 Å². The van der Waals surface area contributed by atoms with Crippen LogP contribution in [0.15, 0.2) is 47.4 Å². The molecule has 0 heterocycles. The Labute approximate surface area is 120 Å². The number of rotatable bonds is 3. The largest absolute Gasteiger partial charge is 0.322 e. The maximum Gasteiger partial charge on any atom is 0.255 e. The number of carbonyl (C=O) groups excluding carboxylic acids is 1. The average molecular weight is 286 g/mol. The Bertz CT molecular complexity index is 677. The zero-order valence-corrected chi connectivity index (χ0v) is 11.5. The van der Waals surface area contributed by atoms with E-state index in [4.69, 9.17) is 5.26 Å². The van der Waals surface area contributed by atoms with E-state index in [1.807, 2.05) is 6.26 Å². The summed E-state index contributed by atoms with van der Waals surface area (Å²) < 4.78 is 12.8. The molecule has 0 bridgehead atoms. The van der Waals surface area contributed by atoms with Crippen LogP contribution in [0.25, 0.3) is 0 Å². The predicted molar refractivity (Wildman–Crippen MR) is 77.3 cm³/mol. The SMILES string of the molecule is CSc1ccc(NC(=O)c2ccc(F)cc2)cc1C#N. The van der Waals surface area contributed by atoms with Crippen molar-refractivity contribution in [1.29, 1.82) is 5.26 Å². The maximum atomic E-state index is 12.8. The zero-order chi connectivity index (χ0) is 14.5. The Kier molecular flexibility index (Phi) is 4.38. The van der Waals surface area contributed by atoms with Crippen LogP contribution in [-0.2, 0) is 0 Å². The molecule has 0 aliphatic carbocycles. The van der Waals surface area contributed by atoms with Crippen LogP contribution < -0.4 is 5.32 Å². The number of nitriles is 1. The molecule has 0 aliphatic heterocycles. The first kappa shape index (κ1) is 14.1. The number of benzene rings is 2. The lowest BCUT2D eigenvalue weighted by atomic mass is 10.2. The van der Waals surface area contributed by atoms with Gasteiger partial charge in [-0.2, -0.15) is 5.26 Å². The summed E-state index contributed by atoms with van der Waals surface area (Å²) in [5.74, 6) is -0.733. The lowest BCUT2D eigenvalue weighted by molar-refractivity contribution is 0.102. The summed E-state index contributed by atoms with van der Waals surface area (Å²) in [6, 6.07) is 12.5. The van der Waals surface area contributed by atoms with Crippen LogP contribution in [0.4, 0.5) is 10.1 Å². The van der Waals surface area contributed by atoms with Crippen molar-refractivity contribution in [3.8, 4) is 6.07 Å². The van der Waals surface area contributed by atoms with Crippen molar-refractivity contribution >= 4 is 23.4 Å². The van der Waals surface area contributed by atoms with Crippen LogP contribution in [0.1, 0.15) is 15.9 Å². The smallest absolute Gasteiger partial charge is 0.255 e. The molecular formula is C15H11FN2OS. The summed E-state index contributed by atoms with van der Waals surface area (Å²) in [6.45, 7) is 0. The molecular weight excluding hydrogens is 275 g/mol. The lowest BCUT2D eigenvalue weighted by Gasteiger charge is -2.07. The van der Waals surface area contributed by atoms with E-state index in [2.05, 4.69) is 11.4 Å². The standard InChI is InChI=1S/C15H11FN2OS/c1-20-14-7-6-13(8-11(14)9-17)18-15(19)10-2-4-12(16)5-3-10/h2-8H,1H3,(H,18,19). The maximum absolute atomic E-state index is 12.8. The van der Waals surface area contributed by atoms with Crippen molar-refractivity contribution in [3.63, 3.8) is 0 Å². The molecule has 0 aliphatic rings. The minimum Gasteiger partial charge on any atom is -0.322 e. The molecule has 100 valence electrons. The van der Waals surface area contributed by atoms with Gasteiger partial charge in [0.25, 0.3) is 5.91 Å². The van der Waals surface area contributed by atoms with E-state index in [9.17, 15) is 9.18 Å². The van der Waals surface area contributed by atoms with Gasteiger partial charge in [-0.15, -0.1) is 11.8 Å². The summed E-state index contributed by atoms with van der Waals surface area (Å²) in [4.78, 5) is 12.8. The molecule has 3 nitrogen and oxygen atoms in total. The summed E-state index contributed by atoms with van der Waals surface area (Å²) in [5.41, 5.74) is 1.40. The number of hydrogen-bond acceptors (Lipinski definition) is 3. The van der Waals surface area contributed by atoms with Crippen molar-refractivity contribution in [3.05, 3.63) is 59.4 Å². The molecule has 0 spiro atoms. The van der Waals surface area contributed by atoms with Crippen LogP contribution in [0.5, 0.6) is 0 Å². The molecule has 1 amide bonds. The molecule has 0 unspecified atom stereocenters. The topological polar surface area (TPSA) is 52.9 Å². The summed E-state index contributed by atoms with van der Waals surface area (Å²) >= 11 is 1.47. The van der Waals surface area contributed by atoms with Gasteiger partial charge in [0.1, 0.15) is 11.9 Å². The Balaban J connectivity index is 2.20. The van der Waals surface area contributed by atoms with Gasteiger partial charge < -0.3 is 5.32 Å². The first-order valence-electron chi connectivity index (χ1n) is 5.79. The molecule has 2 aromatic rings. The van der Waals surface area contributed by atoms with E-state index in [0.29, 0.717) is 16.8 Å². The molecule has 0 aromatic heterocycles. The highest BCUT2D eigenvalue weighted by Gasteiger charge is 2.08. The van der Waals surface area contributed by atoms with Gasteiger partial charge in [0.15, 0.2) is 0 Å². The van der Waals surface area contributed by atoms with Gasteiger partial charge in [0, 0.05) is 16.1 Å². The Hall–Kier alpha value is -2.32. The monoisotopic (exact) mass is 286 g/mol. The van der Waals surface area contributed by atoms with Crippen molar-refractivity contribution in [2.24, 2.45) is 0 Å². The molecule has 20 heavy (non-hydrogen) atoms. The van der Waals surface area contributed by atoms with Crippen molar-refractivity contribution in [1.82, 2.24) is 0 Å². The molecule has 0 atom stereocenters. The first-order chi connectivity index (χ1) is 9.63. The quantitative estimate of drug-likeness (QED) is 0.876. The number of halogens is 1. The minimum absolute atomic E-state index is 0.342. The summed E-state index contributed by atoms with van der Waals surface area (Å²) in [6.07, 6.45) is 1.88. The molecule has 0 fully saturated rings. The van der Waals surface area contributed by atoms with E-state index >= 15 is 0 Å². The third-order valence-electron chi connectivity index (χ3n) is 2.68. The lowest BCUT2D eigenvalue weighted by Crippen LogP contribution is -2.11. The number of carbonyl (C=O) groups is 1. The van der Waals surface area contributed by atoms with E-state index in [1.165, 1.54) is 36.0 Å². The highest BCUT2D eigenvalue weighted by molar-refractivity contribution is 7.98. The molecule has 2 rings (SSSR count). The number of nitrogens with zero attached hydrogens (tertiary/aromatic N) is 1. The van der Waals surface area contributed by atoms with Crippen LogP contribution >= 0.6 is 11.8 Å². The predicted octanol–water partition coefficient (Wildman–Crippen LogP) is 3.67. The van der Waals surface area contributed by atoms with Gasteiger partial charge in [0.05, 0.1) is 5.56 Å². The third-order valence-corrected chi connectivity index (χ3v) is 3.48. The fraction of sp³-hybridized carbons (Fsp3) is 0.0667. The summed E-state index contributed by atoms with van der Waals surface area (Å²) in [5, 5.41) is 11.7. The fourth-order valence-electron chi connectivity index (χ4n) is 1.68. The molecule has 0 saturated carbocycles. The van der Waals surface area contributed by atoms with Crippen molar-refractivity contribution in [2.75, 3.05) is 11.6 Å². The molecule has 5 heteroatoms. The minimum atomic E-state index is -0.391. The van der Waals surface area contributed by atoms with Gasteiger partial charge in [0.2, 0.25) is 0 Å². The average Bonchev–Trinajstić information content (AvgIpc) is 2.47. The number of anilines is 1. The molecule has 1 N–H and O–H groups in total. The Morgan fingerprint density at radius 2 is 1.95 bits per heavy atom. The molecule has 0 saturated heterocycles. The number of hydrogen-bond donors (Lipinski definition) is 1. The van der Waals surface area contributed by atoms with Gasteiger partial charge in [-0.25, -0.2) is 4.39 Å². The Morgan fingerprint density at radius 1 is 1.25 bits per heavy atom. The molecule has 0 radical (unpaired) electrons. The molecule has 2 aromatic carbocycles. The van der Waals surface area contributed by atoms with Crippen molar-refractivity contribution in [2.45, 2.75) is 4.90 Å². The van der Waals surface area contributed by atoms with Crippen LogP contribution in [0.3, 0.4) is 0 Å². The zero-order valence-electron chi connectivity index (χ0n) is 10.7. The van der Waals surface area contributed by atoms with E-state index < -0.39 is 5.82 Å². The number of thioether (sulfide) groups is 1. The highest BCUT2D eigenvalue weighted by atomic mass is 32.2. The van der Waals surface area contributed by atoms with E-state index in [1.54, 1.807) is 18.2 Å². The van der Waals surface area contributed by atoms with Gasteiger partial charge in [-0.3, -0.25) is 4.79 Å². The normalized spacial score (nSPS) is 9.85. The van der Waals surface area contributed by atoms with Crippen LogP contribution in [-0.4, -0.2) is 12.2 Å². The second-order valence-electron chi connectivity index (χ2n) is 3.99. The summed E-state index contributed by atoms with van der Waals surface area (Å²) in [7, 11) is 0. The second kappa shape index (κ2) is 6.22. The van der Waals surface area contributed by atoms with Gasteiger partial charge in [-0.05, 0) is 48.7 Å². The first-order valence-corrected chi connectivity index (χ1v) is 7.01. The second-order valence-corrected chi connectivity index (χ2v) is 4.84. The van der Waals surface area contributed by atoms with Gasteiger partial charge in [-0.1, -0.05) is 0 Å². The van der Waals surface area contributed by atoms with E-state index in [-0.39, 0.29) is 5.91 Å². The van der Waals surface area contributed by atoms with Crippen LogP contribution in [0.2, 0.25) is 0 Å². The number of amides is 1.